The van der Waals surface area contributed by atoms with Gasteiger partial charge in [-0.2, -0.15) is 0 Å². The molecule has 0 spiro atoms. The Hall–Kier alpha value is -1.13. The van der Waals surface area contributed by atoms with Gasteiger partial charge in [-0.15, -0.1) is 0 Å². The van der Waals surface area contributed by atoms with Gasteiger partial charge in [0.15, 0.2) is 0 Å². The van der Waals surface area contributed by atoms with Crippen molar-refractivity contribution in [2.75, 3.05) is 31.1 Å². The van der Waals surface area contributed by atoms with Gasteiger partial charge in [-0.3, -0.25) is 4.90 Å². The number of anilines is 1. The molecule has 1 aromatic carbocycles. The highest BCUT2D eigenvalue weighted by molar-refractivity contribution is 5.49. The zero-order chi connectivity index (χ0) is 12.5. The van der Waals surface area contributed by atoms with Crippen LogP contribution >= 0.6 is 0 Å². The Bertz CT molecular complexity index is 426. The second-order valence-electron chi connectivity index (χ2n) is 5.20. The Morgan fingerprint density at radius 1 is 1.17 bits per heavy atom. The van der Waals surface area contributed by atoms with Gasteiger partial charge in [0.05, 0.1) is 12.3 Å². The summed E-state index contributed by atoms with van der Waals surface area (Å²) in [5, 5.41) is 8.98. The molecule has 3 nitrogen and oxygen atoms in total. The third kappa shape index (κ3) is 2.35. The van der Waals surface area contributed by atoms with Crippen molar-refractivity contribution in [1.82, 2.24) is 4.90 Å². The predicted molar refractivity (Wildman–Crippen MR) is 69.1 cm³/mol. The van der Waals surface area contributed by atoms with Crippen LogP contribution in [0.15, 0.2) is 18.2 Å². The minimum Gasteiger partial charge on any atom is -0.392 e. The second kappa shape index (κ2) is 4.86. The summed E-state index contributed by atoms with van der Waals surface area (Å²) in [6.45, 7) is 3.75. The molecule has 4 heteroatoms. The van der Waals surface area contributed by atoms with Gasteiger partial charge in [-0.1, -0.05) is 6.07 Å². The first-order chi connectivity index (χ1) is 8.78. The van der Waals surface area contributed by atoms with Gasteiger partial charge in [0, 0.05) is 32.2 Å². The van der Waals surface area contributed by atoms with E-state index in [2.05, 4.69) is 9.80 Å². The van der Waals surface area contributed by atoms with E-state index >= 15 is 0 Å². The monoisotopic (exact) mass is 250 g/mol. The number of hydrogen-bond donors (Lipinski definition) is 1. The van der Waals surface area contributed by atoms with E-state index in [9.17, 15) is 4.39 Å². The molecule has 1 aromatic rings. The van der Waals surface area contributed by atoms with E-state index in [0.29, 0.717) is 11.3 Å². The fourth-order valence-electron chi connectivity index (χ4n) is 2.67. The van der Waals surface area contributed by atoms with Gasteiger partial charge in [-0.05, 0) is 30.5 Å². The van der Waals surface area contributed by atoms with Crippen molar-refractivity contribution >= 4 is 5.69 Å². The molecule has 1 heterocycles. The molecular formula is C14H19FN2O. The Kier molecular flexibility index (Phi) is 3.22. The maximum Gasteiger partial charge on any atom is 0.146 e. The zero-order valence-electron chi connectivity index (χ0n) is 10.5. The number of aliphatic hydroxyl groups excluding tert-OH is 1. The summed E-state index contributed by atoms with van der Waals surface area (Å²) in [7, 11) is 0. The third-order valence-corrected chi connectivity index (χ3v) is 3.91. The predicted octanol–water partition coefficient (Wildman–Crippen LogP) is 1.60. The largest absolute Gasteiger partial charge is 0.392 e. The van der Waals surface area contributed by atoms with Crippen molar-refractivity contribution in [2.24, 2.45) is 0 Å². The van der Waals surface area contributed by atoms with Crippen molar-refractivity contribution in [3.8, 4) is 0 Å². The number of benzene rings is 1. The van der Waals surface area contributed by atoms with Gasteiger partial charge in [0.2, 0.25) is 0 Å². The topological polar surface area (TPSA) is 26.7 Å². The van der Waals surface area contributed by atoms with E-state index in [1.165, 1.54) is 18.9 Å². The summed E-state index contributed by atoms with van der Waals surface area (Å²) in [5.41, 5.74) is 1.30. The molecule has 0 unspecified atom stereocenters. The van der Waals surface area contributed by atoms with E-state index in [1.807, 2.05) is 0 Å². The van der Waals surface area contributed by atoms with Crippen LogP contribution < -0.4 is 4.90 Å². The molecule has 1 saturated heterocycles. The van der Waals surface area contributed by atoms with Gasteiger partial charge < -0.3 is 10.0 Å². The SMILES string of the molecule is OCc1ccc(N2CCN(C3CC3)CC2)c(F)c1. The van der Waals surface area contributed by atoms with Crippen LogP contribution in [0.1, 0.15) is 18.4 Å². The van der Waals surface area contributed by atoms with Crippen LogP contribution in [0.2, 0.25) is 0 Å². The van der Waals surface area contributed by atoms with Crippen LogP contribution in [-0.4, -0.2) is 42.2 Å². The van der Waals surface area contributed by atoms with Crippen LogP contribution in [0.5, 0.6) is 0 Å². The molecule has 1 aliphatic heterocycles. The molecule has 3 rings (SSSR count). The molecule has 1 N–H and O–H groups in total. The first-order valence-corrected chi connectivity index (χ1v) is 6.66. The van der Waals surface area contributed by atoms with E-state index in [1.54, 1.807) is 12.1 Å². The fraction of sp³-hybridized carbons (Fsp3) is 0.571. The molecule has 1 saturated carbocycles. The summed E-state index contributed by atoms with van der Waals surface area (Å²) >= 11 is 0. The molecule has 2 aliphatic rings. The van der Waals surface area contributed by atoms with Crippen LogP contribution in [0.25, 0.3) is 0 Å². The quantitative estimate of drug-likeness (QED) is 0.882. The Balaban J connectivity index is 1.68. The van der Waals surface area contributed by atoms with E-state index in [4.69, 9.17) is 5.11 Å². The average molecular weight is 250 g/mol. The van der Waals surface area contributed by atoms with Gasteiger partial charge in [-0.25, -0.2) is 4.39 Å². The lowest BCUT2D eigenvalue weighted by atomic mass is 10.1. The molecule has 0 aromatic heterocycles. The third-order valence-electron chi connectivity index (χ3n) is 3.91. The Labute approximate surface area is 107 Å². The molecule has 0 atom stereocenters. The molecule has 18 heavy (non-hydrogen) atoms. The van der Waals surface area contributed by atoms with E-state index in [-0.39, 0.29) is 12.4 Å². The van der Waals surface area contributed by atoms with Crippen LogP contribution in [-0.2, 0) is 6.61 Å². The molecule has 98 valence electrons. The number of nitrogens with zero attached hydrogens (tertiary/aromatic N) is 2. The lowest BCUT2D eigenvalue weighted by Crippen LogP contribution is -2.47. The van der Waals surface area contributed by atoms with Crippen LogP contribution in [0.3, 0.4) is 0 Å². The van der Waals surface area contributed by atoms with E-state index in [0.717, 1.165) is 32.2 Å². The van der Waals surface area contributed by atoms with Crippen molar-refractivity contribution in [3.05, 3.63) is 29.6 Å². The first-order valence-electron chi connectivity index (χ1n) is 6.66. The summed E-state index contributed by atoms with van der Waals surface area (Å²) in [6.07, 6.45) is 2.67. The number of hydrogen-bond acceptors (Lipinski definition) is 3. The standard InChI is InChI=1S/C14H19FN2O/c15-13-9-11(10-18)1-4-14(13)17-7-5-16(6-8-17)12-2-3-12/h1,4,9,12,18H,2-3,5-8,10H2. The number of piperazine rings is 1. The molecule has 0 radical (unpaired) electrons. The lowest BCUT2D eigenvalue weighted by Gasteiger charge is -2.36. The summed E-state index contributed by atoms with van der Waals surface area (Å²) < 4.78 is 13.9. The van der Waals surface area contributed by atoms with Gasteiger partial charge in [0.1, 0.15) is 5.82 Å². The average Bonchev–Trinajstić information content (AvgIpc) is 3.23. The van der Waals surface area contributed by atoms with E-state index < -0.39 is 0 Å². The minimum absolute atomic E-state index is 0.105. The maximum atomic E-state index is 13.9. The lowest BCUT2D eigenvalue weighted by molar-refractivity contribution is 0.247. The number of halogens is 1. The number of rotatable bonds is 3. The Morgan fingerprint density at radius 3 is 2.44 bits per heavy atom. The van der Waals surface area contributed by atoms with Crippen molar-refractivity contribution in [2.45, 2.75) is 25.5 Å². The van der Waals surface area contributed by atoms with Crippen molar-refractivity contribution in [1.29, 1.82) is 0 Å². The van der Waals surface area contributed by atoms with Crippen LogP contribution in [0.4, 0.5) is 10.1 Å². The molecule has 1 aliphatic carbocycles. The van der Waals surface area contributed by atoms with Crippen molar-refractivity contribution in [3.63, 3.8) is 0 Å². The normalized spacial score (nSPS) is 21.3. The van der Waals surface area contributed by atoms with Gasteiger partial charge >= 0.3 is 0 Å². The highest BCUT2D eigenvalue weighted by atomic mass is 19.1. The van der Waals surface area contributed by atoms with Gasteiger partial charge in [0.25, 0.3) is 0 Å². The highest BCUT2D eigenvalue weighted by Gasteiger charge is 2.31. The summed E-state index contributed by atoms with van der Waals surface area (Å²) in [5.74, 6) is -0.221. The second-order valence-corrected chi connectivity index (χ2v) is 5.20. The number of aliphatic hydroxyl groups is 1. The molecule has 0 bridgehead atoms. The maximum absolute atomic E-state index is 13.9. The smallest absolute Gasteiger partial charge is 0.146 e. The minimum atomic E-state index is -0.221. The fourth-order valence-corrected chi connectivity index (χ4v) is 2.67. The zero-order valence-corrected chi connectivity index (χ0v) is 10.5. The van der Waals surface area contributed by atoms with Crippen molar-refractivity contribution < 1.29 is 9.50 Å². The summed E-state index contributed by atoms with van der Waals surface area (Å²) in [6, 6.07) is 5.82. The summed E-state index contributed by atoms with van der Waals surface area (Å²) in [4.78, 5) is 4.62. The molecule has 2 fully saturated rings. The molecule has 0 amide bonds. The highest BCUT2D eigenvalue weighted by Crippen LogP contribution is 2.29. The molecular weight excluding hydrogens is 231 g/mol. The Morgan fingerprint density at radius 2 is 1.89 bits per heavy atom. The first kappa shape index (κ1) is 11.9. The van der Waals surface area contributed by atoms with Crippen LogP contribution in [0, 0.1) is 5.82 Å².